The minimum atomic E-state index is -0.387. The van der Waals surface area contributed by atoms with Crippen LogP contribution in [-0.2, 0) is 0 Å². The van der Waals surface area contributed by atoms with E-state index in [1.165, 1.54) is 0 Å². The van der Waals surface area contributed by atoms with Crippen molar-refractivity contribution < 1.29 is 14.0 Å². The third kappa shape index (κ3) is 4.22. The number of carbonyl (C=O) groups is 2. The largest absolute Gasteiger partial charge is 0.463 e. The second-order valence-corrected chi connectivity index (χ2v) is 8.65. The molecule has 2 aromatic carbocycles. The number of nitrogens with one attached hydrogen (secondary N) is 1. The first kappa shape index (κ1) is 22.0. The van der Waals surface area contributed by atoms with E-state index in [1.807, 2.05) is 24.0 Å². The predicted octanol–water partition coefficient (Wildman–Crippen LogP) is 5.58. The Hall–Kier alpha value is -3.84. The molecule has 0 bridgehead atoms. The Balaban J connectivity index is 1.46. The number of hydrogen-bond donors (Lipinski definition) is 1. The van der Waals surface area contributed by atoms with Crippen LogP contribution in [0.2, 0.25) is 5.02 Å². The zero-order valence-corrected chi connectivity index (χ0v) is 19.4. The van der Waals surface area contributed by atoms with E-state index in [-0.39, 0.29) is 17.5 Å². The van der Waals surface area contributed by atoms with Crippen LogP contribution in [0.15, 0.2) is 71.3 Å². The van der Waals surface area contributed by atoms with Crippen LogP contribution in [0.4, 0.5) is 5.69 Å². The van der Waals surface area contributed by atoms with E-state index in [0.29, 0.717) is 33.4 Å². The van der Waals surface area contributed by atoms with Crippen molar-refractivity contribution in [3.05, 3.63) is 88.8 Å². The highest BCUT2D eigenvalue weighted by molar-refractivity contribution is 6.30. The molecule has 0 radical (unpaired) electrons. The summed E-state index contributed by atoms with van der Waals surface area (Å²) in [5.74, 6) is 0.180. The summed E-state index contributed by atoms with van der Waals surface area (Å²) >= 11 is 6.18. The van der Waals surface area contributed by atoms with E-state index >= 15 is 0 Å². The Labute approximate surface area is 201 Å². The molecule has 1 saturated heterocycles. The SMILES string of the molecule is Cc1c(NC(=O)c2cc(-c3ccco3)n(-c3cccc(Cl)c3)n2)cccc1C(=O)N1CCCC1. The lowest BCUT2D eigenvalue weighted by Gasteiger charge is -2.18. The average Bonchev–Trinajstić information content (AvgIpc) is 3.61. The molecule has 34 heavy (non-hydrogen) atoms. The van der Waals surface area contributed by atoms with Gasteiger partial charge in [0.05, 0.1) is 12.0 Å². The summed E-state index contributed by atoms with van der Waals surface area (Å²) in [4.78, 5) is 28.0. The predicted molar refractivity (Wildman–Crippen MR) is 131 cm³/mol. The Kier molecular flexibility index (Phi) is 5.94. The molecule has 0 unspecified atom stereocenters. The van der Waals surface area contributed by atoms with Crippen molar-refractivity contribution in [1.29, 1.82) is 0 Å². The quantitative estimate of drug-likeness (QED) is 0.409. The van der Waals surface area contributed by atoms with E-state index in [0.717, 1.165) is 31.5 Å². The van der Waals surface area contributed by atoms with Crippen molar-refractivity contribution >= 4 is 29.1 Å². The van der Waals surface area contributed by atoms with Crippen LogP contribution >= 0.6 is 11.6 Å². The zero-order chi connectivity index (χ0) is 23.7. The van der Waals surface area contributed by atoms with Gasteiger partial charge in [0.25, 0.3) is 11.8 Å². The van der Waals surface area contributed by atoms with Crippen LogP contribution < -0.4 is 5.32 Å². The molecular formula is C26H23ClN4O3. The standard InChI is InChI=1S/C26H23ClN4O3/c1-17-20(26(33)30-12-2-3-13-30)9-5-10-21(17)28-25(32)22-16-23(24-11-6-14-34-24)31(29-22)19-8-4-7-18(27)15-19/h4-11,14-16H,2-3,12-13H2,1H3,(H,28,32). The topological polar surface area (TPSA) is 80.4 Å². The highest BCUT2D eigenvalue weighted by Crippen LogP contribution is 2.27. The van der Waals surface area contributed by atoms with Crippen LogP contribution in [0.1, 0.15) is 39.3 Å². The average molecular weight is 475 g/mol. The summed E-state index contributed by atoms with van der Waals surface area (Å²) in [6.45, 7) is 3.38. The third-order valence-corrected chi connectivity index (χ3v) is 6.21. The molecular weight excluding hydrogens is 452 g/mol. The number of amides is 2. The molecule has 5 rings (SSSR count). The first-order chi connectivity index (χ1) is 16.5. The maximum absolute atomic E-state index is 13.2. The van der Waals surface area contributed by atoms with Crippen molar-refractivity contribution in [3.8, 4) is 17.1 Å². The van der Waals surface area contributed by atoms with Gasteiger partial charge in [-0.15, -0.1) is 0 Å². The summed E-state index contributed by atoms with van der Waals surface area (Å²) in [6.07, 6.45) is 3.61. The lowest BCUT2D eigenvalue weighted by atomic mass is 10.1. The fourth-order valence-corrected chi connectivity index (χ4v) is 4.36. The van der Waals surface area contributed by atoms with Gasteiger partial charge in [0.1, 0.15) is 5.69 Å². The van der Waals surface area contributed by atoms with Crippen LogP contribution in [0.25, 0.3) is 17.1 Å². The lowest BCUT2D eigenvalue weighted by Crippen LogP contribution is -2.28. The van der Waals surface area contributed by atoms with Gasteiger partial charge in [-0.3, -0.25) is 9.59 Å². The number of furan rings is 1. The fourth-order valence-electron chi connectivity index (χ4n) is 4.18. The molecule has 2 amide bonds. The Morgan fingerprint density at radius 2 is 1.82 bits per heavy atom. The second-order valence-electron chi connectivity index (χ2n) is 8.22. The molecule has 0 saturated carbocycles. The summed E-state index contributed by atoms with van der Waals surface area (Å²) in [7, 11) is 0. The van der Waals surface area contributed by atoms with Gasteiger partial charge in [-0.05, 0) is 67.8 Å². The van der Waals surface area contributed by atoms with Crippen molar-refractivity contribution in [2.45, 2.75) is 19.8 Å². The first-order valence-corrected chi connectivity index (χ1v) is 11.5. The van der Waals surface area contributed by atoms with Gasteiger partial charge in [-0.1, -0.05) is 23.7 Å². The van der Waals surface area contributed by atoms with Gasteiger partial charge >= 0.3 is 0 Å². The molecule has 2 aromatic heterocycles. The lowest BCUT2D eigenvalue weighted by molar-refractivity contribution is 0.0791. The minimum Gasteiger partial charge on any atom is -0.463 e. The van der Waals surface area contributed by atoms with Crippen molar-refractivity contribution in [2.24, 2.45) is 0 Å². The van der Waals surface area contributed by atoms with Crippen molar-refractivity contribution in [1.82, 2.24) is 14.7 Å². The molecule has 0 spiro atoms. The molecule has 1 aliphatic rings. The summed E-state index contributed by atoms with van der Waals surface area (Å²) in [5.41, 5.74) is 3.43. The number of anilines is 1. The number of carbonyl (C=O) groups excluding carboxylic acids is 2. The van der Waals surface area contributed by atoms with Gasteiger partial charge in [-0.2, -0.15) is 5.10 Å². The normalized spacial score (nSPS) is 13.3. The van der Waals surface area contributed by atoms with Crippen molar-refractivity contribution in [2.75, 3.05) is 18.4 Å². The minimum absolute atomic E-state index is 0.00330. The molecule has 1 fully saturated rings. The molecule has 172 valence electrons. The Bertz CT molecular complexity index is 1350. The van der Waals surface area contributed by atoms with E-state index in [4.69, 9.17) is 16.0 Å². The monoisotopic (exact) mass is 474 g/mol. The maximum Gasteiger partial charge on any atom is 0.276 e. The Morgan fingerprint density at radius 3 is 2.56 bits per heavy atom. The van der Waals surface area contributed by atoms with Gasteiger partial charge in [-0.25, -0.2) is 4.68 Å². The van der Waals surface area contributed by atoms with Crippen LogP contribution in [0.5, 0.6) is 0 Å². The number of nitrogens with zero attached hydrogens (tertiary/aromatic N) is 3. The van der Waals surface area contributed by atoms with E-state index in [9.17, 15) is 9.59 Å². The van der Waals surface area contributed by atoms with Crippen LogP contribution in [0, 0.1) is 6.92 Å². The maximum atomic E-state index is 13.2. The molecule has 1 aliphatic heterocycles. The third-order valence-electron chi connectivity index (χ3n) is 5.97. The van der Waals surface area contributed by atoms with Gasteiger partial charge in [0, 0.05) is 35.4 Å². The second kappa shape index (κ2) is 9.19. The van der Waals surface area contributed by atoms with Gasteiger partial charge in [0.2, 0.25) is 0 Å². The molecule has 8 heteroatoms. The number of halogens is 1. The molecule has 7 nitrogen and oxygen atoms in total. The number of benzene rings is 2. The molecule has 1 N–H and O–H groups in total. The summed E-state index contributed by atoms with van der Waals surface area (Å²) in [5, 5.41) is 8.01. The molecule has 4 aromatic rings. The zero-order valence-electron chi connectivity index (χ0n) is 18.6. The van der Waals surface area contributed by atoms with Gasteiger partial charge < -0.3 is 14.6 Å². The van der Waals surface area contributed by atoms with Gasteiger partial charge in [0.15, 0.2) is 11.5 Å². The smallest absolute Gasteiger partial charge is 0.276 e. The summed E-state index contributed by atoms with van der Waals surface area (Å²) in [6, 6.07) is 17.8. The highest BCUT2D eigenvalue weighted by Gasteiger charge is 2.23. The number of rotatable bonds is 5. The van der Waals surface area contributed by atoms with E-state index < -0.39 is 0 Å². The van der Waals surface area contributed by atoms with Crippen LogP contribution in [0.3, 0.4) is 0 Å². The Morgan fingerprint density at radius 1 is 1.03 bits per heavy atom. The van der Waals surface area contributed by atoms with Crippen molar-refractivity contribution in [3.63, 3.8) is 0 Å². The number of aromatic nitrogens is 2. The molecule has 0 atom stereocenters. The molecule has 3 heterocycles. The highest BCUT2D eigenvalue weighted by atomic mass is 35.5. The number of likely N-dealkylation sites (tertiary alicyclic amines) is 1. The fraction of sp³-hybridized carbons (Fsp3) is 0.192. The number of hydrogen-bond acceptors (Lipinski definition) is 4. The van der Waals surface area contributed by atoms with E-state index in [1.54, 1.807) is 59.5 Å². The first-order valence-electron chi connectivity index (χ1n) is 11.1. The van der Waals surface area contributed by atoms with Crippen LogP contribution in [-0.4, -0.2) is 39.6 Å². The summed E-state index contributed by atoms with van der Waals surface area (Å²) < 4.78 is 7.19. The molecule has 0 aliphatic carbocycles. The van der Waals surface area contributed by atoms with E-state index in [2.05, 4.69) is 10.4 Å².